The summed E-state index contributed by atoms with van der Waals surface area (Å²) >= 11 is 0. The maximum absolute atomic E-state index is 12.2. The molecule has 1 rings (SSSR count). The van der Waals surface area contributed by atoms with Gasteiger partial charge >= 0.3 is 12.0 Å². The van der Waals surface area contributed by atoms with E-state index in [1.807, 2.05) is 6.92 Å². The lowest BCUT2D eigenvalue weighted by Crippen LogP contribution is -2.49. The molecule has 1 saturated heterocycles. The van der Waals surface area contributed by atoms with Gasteiger partial charge in [-0.25, -0.2) is 4.79 Å². The van der Waals surface area contributed by atoms with E-state index < -0.39 is 5.97 Å². The second kappa shape index (κ2) is 8.79. The van der Waals surface area contributed by atoms with Gasteiger partial charge in [-0.05, 0) is 31.6 Å². The van der Waals surface area contributed by atoms with E-state index in [1.165, 1.54) is 0 Å². The van der Waals surface area contributed by atoms with Crippen LogP contribution in [0.1, 0.15) is 39.0 Å². The Balaban J connectivity index is 2.41. The van der Waals surface area contributed by atoms with Crippen molar-refractivity contribution < 1.29 is 19.4 Å². The number of amides is 2. The summed E-state index contributed by atoms with van der Waals surface area (Å²) in [5, 5.41) is 11.7. The predicted octanol–water partition coefficient (Wildman–Crippen LogP) is 1.70. The van der Waals surface area contributed by atoms with E-state index >= 15 is 0 Å². The van der Waals surface area contributed by atoms with Gasteiger partial charge in [0.1, 0.15) is 0 Å². The quantitative estimate of drug-likeness (QED) is 0.746. The zero-order valence-electron chi connectivity index (χ0n) is 12.4. The summed E-state index contributed by atoms with van der Waals surface area (Å²) in [6.45, 7) is 3.93. The molecule has 0 aromatic carbocycles. The third kappa shape index (κ3) is 5.77. The maximum Gasteiger partial charge on any atom is 0.317 e. The Labute approximate surface area is 120 Å². The molecule has 2 amide bonds. The van der Waals surface area contributed by atoms with Gasteiger partial charge in [-0.15, -0.1) is 0 Å². The molecule has 0 aromatic rings. The molecule has 20 heavy (non-hydrogen) atoms. The average Bonchev–Trinajstić information content (AvgIpc) is 2.44. The number of nitrogens with one attached hydrogen (secondary N) is 1. The van der Waals surface area contributed by atoms with Crippen LogP contribution < -0.4 is 5.32 Å². The summed E-state index contributed by atoms with van der Waals surface area (Å²) in [5.74, 6) is -0.467. The first-order chi connectivity index (χ1) is 9.56. The second-order valence-electron chi connectivity index (χ2n) is 5.40. The lowest BCUT2D eigenvalue weighted by atomic mass is 9.93. The molecule has 0 aromatic heterocycles. The number of piperidine rings is 1. The normalized spacial score (nSPS) is 20.5. The molecular formula is C14H26N2O4. The van der Waals surface area contributed by atoms with Crippen molar-refractivity contribution in [1.29, 1.82) is 0 Å². The molecule has 6 heteroatoms. The summed E-state index contributed by atoms with van der Waals surface area (Å²) in [4.78, 5) is 24.6. The predicted molar refractivity (Wildman–Crippen MR) is 75.7 cm³/mol. The summed E-state index contributed by atoms with van der Waals surface area (Å²) in [7, 11) is 1.62. The van der Waals surface area contributed by atoms with E-state index in [1.54, 1.807) is 12.0 Å². The van der Waals surface area contributed by atoms with Crippen LogP contribution in [-0.4, -0.2) is 54.9 Å². The number of carboxylic acid groups (broad SMARTS) is 1. The monoisotopic (exact) mass is 286 g/mol. The van der Waals surface area contributed by atoms with Crippen molar-refractivity contribution >= 4 is 12.0 Å². The molecule has 2 N–H and O–H groups in total. The zero-order valence-corrected chi connectivity index (χ0v) is 12.4. The van der Waals surface area contributed by atoms with Gasteiger partial charge in [0.25, 0.3) is 0 Å². The van der Waals surface area contributed by atoms with Crippen LogP contribution in [0.25, 0.3) is 0 Å². The van der Waals surface area contributed by atoms with Crippen LogP contribution in [0.2, 0.25) is 0 Å². The Hall–Kier alpha value is -1.30. The molecule has 1 heterocycles. The fraction of sp³-hybridized carbons (Fsp3) is 0.857. The average molecular weight is 286 g/mol. The standard InChI is InChI=1S/C14H26N2O4/c1-3-12(10-20-2)15-14(19)16-8-4-5-11(9-16)6-7-13(17)18/h11-12H,3-10H2,1-2H3,(H,15,19)(H,17,18). The Bertz CT molecular complexity index is 322. The number of nitrogens with zero attached hydrogens (tertiary/aromatic N) is 1. The van der Waals surface area contributed by atoms with Crippen molar-refractivity contribution in [3.8, 4) is 0 Å². The van der Waals surface area contributed by atoms with E-state index in [4.69, 9.17) is 9.84 Å². The number of urea groups is 1. The SMILES string of the molecule is CCC(COC)NC(=O)N1CCCC(CCC(=O)O)C1. The van der Waals surface area contributed by atoms with Crippen LogP contribution in [0.4, 0.5) is 4.79 Å². The number of hydrogen-bond acceptors (Lipinski definition) is 3. The van der Waals surface area contributed by atoms with Crippen LogP contribution >= 0.6 is 0 Å². The van der Waals surface area contributed by atoms with Crippen LogP contribution in [0, 0.1) is 5.92 Å². The lowest BCUT2D eigenvalue weighted by Gasteiger charge is -2.33. The molecular weight excluding hydrogens is 260 g/mol. The molecule has 0 spiro atoms. The van der Waals surface area contributed by atoms with Crippen LogP contribution in [0.15, 0.2) is 0 Å². The molecule has 2 unspecified atom stereocenters. The summed E-state index contributed by atoms with van der Waals surface area (Å²) < 4.78 is 5.07. The first kappa shape index (κ1) is 16.8. The highest BCUT2D eigenvalue weighted by atomic mass is 16.5. The van der Waals surface area contributed by atoms with E-state index in [0.717, 1.165) is 25.8 Å². The zero-order chi connectivity index (χ0) is 15.0. The number of hydrogen-bond donors (Lipinski definition) is 2. The summed E-state index contributed by atoms with van der Waals surface area (Å²) in [6.07, 6.45) is 3.61. The highest BCUT2D eigenvalue weighted by Crippen LogP contribution is 2.21. The third-order valence-corrected chi connectivity index (χ3v) is 3.76. The largest absolute Gasteiger partial charge is 0.481 e. The topological polar surface area (TPSA) is 78.9 Å². The highest BCUT2D eigenvalue weighted by molar-refractivity contribution is 5.74. The van der Waals surface area contributed by atoms with Crippen molar-refractivity contribution in [2.24, 2.45) is 5.92 Å². The number of ether oxygens (including phenoxy) is 1. The van der Waals surface area contributed by atoms with E-state index in [9.17, 15) is 9.59 Å². The number of carbonyl (C=O) groups excluding carboxylic acids is 1. The Morgan fingerprint density at radius 3 is 2.85 bits per heavy atom. The van der Waals surface area contributed by atoms with Gasteiger partial charge in [0.05, 0.1) is 12.6 Å². The van der Waals surface area contributed by atoms with E-state index in [-0.39, 0.29) is 18.5 Å². The van der Waals surface area contributed by atoms with Crippen molar-refractivity contribution in [2.45, 2.75) is 45.1 Å². The van der Waals surface area contributed by atoms with Gasteiger partial charge in [-0.3, -0.25) is 4.79 Å². The minimum atomic E-state index is -0.766. The molecule has 1 aliphatic heterocycles. The number of carbonyl (C=O) groups is 2. The molecule has 1 fully saturated rings. The molecule has 0 saturated carbocycles. The summed E-state index contributed by atoms with van der Waals surface area (Å²) in [6, 6.07) is -0.0270. The third-order valence-electron chi connectivity index (χ3n) is 3.76. The number of aliphatic carboxylic acids is 1. The van der Waals surface area contributed by atoms with E-state index in [0.29, 0.717) is 25.5 Å². The molecule has 1 aliphatic rings. The number of carboxylic acids is 1. The number of rotatable bonds is 7. The van der Waals surface area contributed by atoms with Crippen molar-refractivity contribution in [3.05, 3.63) is 0 Å². The van der Waals surface area contributed by atoms with Crippen LogP contribution in [-0.2, 0) is 9.53 Å². The van der Waals surface area contributed by atoms with Gasteiger partial charge in [-0.1, -0.05) is 6.92 Å². The minimum Gasteiger partial charge on any atom is -0.481 e. The van der Waals surface area contributed by atoms with E-state index in [2.05, 4.69) is 5.32 Å². The van der Waals surface area contributed by atoms with Gasteiger partial charge in [-0.2, -0.15) is 0 Å². The van der Waals surface area contributed by atoms with Gasteiger partial charge < -0.3 is 20.1 Å². The minimum absolute atomic E-state index is 0.0342. The fourth-order valence-electron chi connectivity index (χ4n) is 2.54. The van der Waals surface area contributed by atoms with Crippen molar-refractivity contribution in [2.75, 3.05) is 26.8 Å². The van der Waals surface area contributed by atoms with Gasteiger partial charge in [0.2, 0.25) is 0 Å². The Morgan fingerprint density at radius 2 is 2.25 bits per heavy atom. The summed E-state index contributed by atoms with van der Waals surface area (Å²) in [5.41, 5.74) is 0. The first-order valence-electron chi connectivity index (χ1n) is 7.33. The molecule has 116 valence electrons. The van der Waals surface area contributed by atoms with Gasteiger partial charge in [0, 0.05) is 26.6 Å². The highest BCUT2D eigenvalue weighted by Gasteiger charge is 2.25. The van der Waals surface area contributed by atoms with Crippen LogP contribution in [0.3, 0.4) is 0 Å². The molecule has 0 radical (unpaired) electrons. The van der Waals surface area contributed by atoms with Crippen molar-refractivity contribution in [3.63, 3.8) is 0 Å². The smallest absolute Gasteiger partial charge is 0.317 e. The fourth-order valence-corrected chi connectivity index (χ4v) is 2.54. The molecule has 2 atom stereocenters. The Kier molecular flexibility index (Phi) is 7.36. The van der Waals surface area contributed by atoms with Crippen molar-refractivity contribution in [1.82, 2.24) is 10.2 Å². The Morgan fingerprint density at radius 1 is 1.50 bits per heavy atom. The number of methoxy groups -OCH3 is 1. The number of likely N-dealkylation sites (tertiary alicyclic amines) is 1. The lowest BCUT2D eigenvalue weighted by molar-refractivity contribution is -0.137. The maximum atomic E-state index is 12.2. The second-order valence-corrected chi connectivity index (χ2v) is 5.40. The van der Waals surface area contributed by atoms with Crippen LogP contribution in [0.5, 0.6) is 0 Å². The molecule has 0 aliphatic carbocycles. The first-order valence-corrected chi connectivity index (χ1v) is 7.33. The molecule has 0 bridgehead atoms. The molecule has 6 nitrogen and oxygen atoms in total. The van der Waals surface area contributed by atoms with Gasteiger partial charge in [0.15, 0.2) is 0 Å².